The Hall–Kier alpha value is -3.23. The van der Waals surface area contributed by atoms with Gasteiger partial charge in [0.25, 0.3) is 0 Å². The van der Waals surface area contributed by atoms with Gasteiger partial charge in [-0.25, -0.2) is 28.6 Å². The van der Waals surface area contributed by atoms with Gasteiger partial charge in [-0.05, 0) is 32.1 Å². The molecule has 0 spiro atoms. The van der Waals surface area contributed by atoms with Gasteiger partial charge in [-0.15, -0.1) is 0 Å². The number of nitrogens with zero attached hydrogens (tertiary/aromatic N) is 4. The largest absolute Gasteiger partial charge is 0.550 e. The number of rotatable bonds is 26. The molecule has 8 unspecified atom stereocenters. The molecule has 0 aliphatic carbocycles. The molecule has 61 heavy (non-hydrogen) atoms. The number of aliphatic hydroxyl groups is 2. The number of amides is 2. The minimum absolute atomic E-state index is 0.0199. The fourth-order valence-electron chi connectivity index (χ4n) is 5.58. The fraction of sp³-hybridized carbons (Fsp3) is 0.645. The quantitative estimate of drug-likeness (QED) is 0.0315. The number of hydrogen-bond donors (Lipinski definition) is 9. The normalized spacial score (nSPS) is 21.3. The zero-order valence-electron chi connectivity index (χ0n) is 33.0. The molecule has 2 aromatic rings. The summed E-state index contributed by atoms with van der Waals surface area (Å²) in [5.41, 5.74) is 4.90. The molecule has 1 aliphatic heterocycles. The summed E-state index contributed by atoms with van der Waals surface area (Å²) in [6.45, 7) is 5.76. The Morgan fingerprint density at radius 1 is 1.07 bits per heavy atom. The first kappa shape index (κ1) is 52.1. The molecule has 0 saturated carbocycles. The van der Waals surface area contributed by atoms with Crippen LogP contribution in [0.15, 0.2) is 24.8 Å². The number of nitrogens with one attached hydrogen (secondary N) is 2. The van der Waals surface area contributed by atoms with Crippen LogP contribution in [0.1, 0.15) is 59.1 Å². The summed E-state index contributed by atoms with van der Waals surface area (Å²) in [4.78, 5) is 98.8. The Labute approximate surface area is 352 Å². The molecule has 3 heterocycles. The Kier molecular flexibility index (Phi) is 19.1. The van der Waals surface area contributed by atoms with Gasteiger partial charge in [-0.3, -0.25) is 32.5 Å². The Balaban J connectivity index is 1.42. The van der Waals surface area contributed by atoms with Crippen LogP contribution in [-0.2, 0) is 55.5 Å². The summed E-state index contributed by atoms with van der Waals surface area (Å²) in [6.07, 6.45) is -6.11. The minimum atomic E-state index is -5.59. The number of carbonyl (C=O) groups is 4. The number of anilines is 1. The second-order valence-electron chi connectivity index (χ2n) is 14.3. The summed E-state index contributed by atoms with van der Waals surface area (Å²) in [5, 5.41) is 37.1. The van der Waals surface area contributed by atoms with Crippen LogP contribution < -0.4 is 21.5 Å². The van der Waals surface area contributed by atoms with Gasteiger partial charge in [0.2, 0.25) is 11.8 Å². The van der Waals surface area contributed by atoms with Crippen molar-refractivity contribution >= 4 is 75.1 Å². The van der Waals surface area contributed by atoms with Crippen LogP contribution in [0.3, 0.4) is 0 Å². The van der Waals surface area contributed by atoms with Crippen LogP contribution >= 0.6 is 35.2 Å². The van der Waals surface area contributed by atoms with Gasteiger partial charge in [0.15, 0.2) is 22.8 Å². The molecule has 0 aromatic carbocycles. The highest BCUT2D eigenvalue weighted by molar-refractivity contribution is 8.13. The van der Waals surface area contributed by atoms with Crippen LogP contribution in [0.5, 0.6) is 0 Å². The van der Waals surface area contributed by atoms with Gasteiger partial charge in [-0.1, -0.05) is 37.8 Å². The number of phosphoric ester groups is 3. The van der Waals surface area contributed by atoms with Gasteiger partial charge in [-0.2, -0.15) is 4.31 Å². The van der Waals surface area contributed by atoms with Gasteiger partial charge in [0.05, 0.1) is 19.5 Å². The lowest BCUT2D eigenvalue weighted by atomic mass is 9.87. The number of phosphoric acid groups is 3. The molecule has 1 saturated heterocycles. The molecule has 10 N–H and O–H groups in total. The van der Waals surface area contributed by atoms with E-state index in [1.54, 1.807) is 6.92 Å². The van der Waals surface area contributed by atoms with Crippen LogP contribution in [-0.4, -0.2) is 129 Å². The second-order valence-corrected chi connectivity index (χ2v) is 19.7. The van der Waals surface area contributed by atoms with E-state index in [0.29, 0.717) is 18.4 Å². The highest BCUT2D eigenvalue weighted by Gasteiger charge is 2.50. The molecular formula is C31H49N7O19P3S-. The molecule has 26 nitrogen and oxygen atoms in total. The number of aromatic nitrogens is 4. The molecule has 8 atom stereocenters. The number of aliphatic hydroxyl groups excluding tert-OH is 2. The Morgan fingerprint density at radius 3 is 2.38 bits per heavy atom. The van der Waals surface area contributed by atoms with Crippen molar-refractivity contribution in [3.8, 4) is 0 Å². The first-order valence-corrected chi connectivity index (χ1v) is 23.6. The number of allylic oxidation sites excluding steroid dienone is 1. The van der Waals surface area contributed by atoms with Crippen LogP contribution in [0, 0.1) is 11.3 Å². The number of nitrogen functional groups attached to an aromatic ring is 1. The Morgan fingerprint density at radius 2 is 1.74 bits per heavy atom. The van der Waals surface area contributed by atoms with E-state index in [1.807, 2.05) is 0 Å². The molecule has 2 amide bonds. The van der Waals surface area contributed by atoms with Crippen molar-refractivity contribution in [2.45, 2.75) is 83.5 Å². The van der Waals surface area contributed by atoms with Gasteiger partial charge in [0.1, 0.15) is 36.3 Å². The standard InChI is InChI=1S/C31H50N7O19P3S/c1-17(2)18(12-21(40)41)6-5-7-22(42)61-11-10-33-20(39)8-9-34-29(45)26(44)31(3,4)14-54-60(51,52)57-59(49,50)53-13-19-25(56-58(46,47)48)24(43)30(55-19)38-16-37-23-27(32)35-15-36-28(23)38/h15-16,18-19,24-26,30,43-44H,1,5-14H2,2-4H3,(H,33,39)(H,34,45)(H,40,41)(H,49,50)(H,51,52)(H2,32,35,36)(H2,46,47,48)/p-1. The van der Waals surface area contributed by atoms with Crippen LogP contribution in [0.25, 0.3) is 11.2 Å². The van der Waals surface area contributed by atoms with Gasteiger partial charge in [0, 0.05) is 43.1 Å². The number of thioether (sulfide) groups is 1. The monoisotopic (exact) mass is 948 g/mol. The molecule has 0 radical (unpaired) electrons. The number of ether oxygens (including phenoxy) is 1. The summed E-state index contributed by atoms with van der Waals surface area (Å²) in [6, 6.07) is 0. The summed E-state index contributed by atoms with van der Waals surface area (Å²) < 4.78 is 62.1. The highest BCUT2D eigenvalue weighted by Crippen LogP contribution is 2.61. The van der Waals surface area contributed by atoms with Crippen molar-refractivity contribution in [2.24, 2.45) is 11.3 Å². The maximum atomic E-state index is 12.7. The lowest BCUT2D eigenvalue weighted by Gasteiger charge is -2.30. The summed E-state index contributed by atoms with van der Waals surface area (Å²) in [7, 11) is -16.5. The lowest BCUT2D eigenvalue weighted by Crippen LogP contribution is -2.46. The third kappa shape index (κ3) is 16.8. The second kappa shape index (κ2) is 22.4. The van der Waals surface area contributed by atoms with Crippen molar-refractivity contribution in [3.05, 3.63) is 24.8 Å². The summed E-state index contributed by atoms with van der Waals surface area (Å²) in [5.74, 6) is -2.77. The molecule has 30 heteroatoms. The number of nitrogens with two attached hydrogens (primary N) is 1. The van der Waals surface area contributed by atoms with E-state index in [0.717, 1.165) is 29.0 Å². The van der Waals surface area contributed by atoms with E-state index in [-0.39, 0.29) is 66.1 Å². The molecule has 344 valence electrons. The van der Waals surface area contributed by atoms with E-state index in [9.17, 15) is 67.8 Å². The molecule has 2 aromatic heterocycles. The zero-order valence-corrected chi connectivity index (χ0v) is 36.5. The number of hydrogen-bond acceptors (Lipinski definition) is 20. The van der Waals surface area contributed by atoms with Crippen molar-refractivity contribution in [3.63, 3.8) is 0 Å². The number of aliphatic carboxylic acids is 1. The molecule has 0 bridgehead atoms. The van der Waals surface area contributed by atoms with E-state index in [1.165, 1.54) is 13.8 Å². The molecule has 1 aliphatic rings. The zero-order chi connectivity index (χ0) is 45.9. The molecule has 1 fully saturated rings. The highest BCUT2D eigenvalue weighted by atomic mass is 32.2. The summed E-state index contributed by atoms with van der Waals surface area (Å²) >= 11 is 0.993. The number of fused-ring (bicyclic) bond motifs is 1. The maximum Gasteiger partial charge on any atom is 0.481 e. The van der Waals surface area contributed by atoms with Crippen molar-refractivity contribution in [1.29, 1.82) is 0 Å². The third-order valence-corrected chi connectivity index (χ3v) is 12.8. The number of carboxylic acids is 1. The minimum Gasteiger partial charge on any atom is -0.550 e. The fourth-order valence-corrected chi connectivity index (χ4v) is 9.13. The Bertz CT molecular complexity index is 2040. The average Bonchev–Trinajstić information content (AvgIpc) is 3.70. The van der Waals surface area contributed by atoms with E-state index in [2.05, 4.69) is 41.0 Å². The van der Waals surface area contributed by atoms with Crippen molar-refractivity contribution in [2.75, 3.05) is 37.8 Å². The van der Waals surface area contributed by atoms with E-state index in [4.69, 9.17) is 19.5 Å². The van der Waals surface area contributed by atoms with E-state index >= 15 is 0 Å². The van der Waals surface area contributed by atoms with Gasteiger partial charge >= 0.3 is 23.5 Å². The predicted octanol–water partition coefficient (Wildman–Crippen LogP) is -0.833. The number of imidazole rings is 1. The maximum absolute atomic E-state index is 12.7. The van der Waals surface area contributed by atoms with Crippen molar-refractivity contribution < 1.29 is 90.4 Å². The SMILES string of the molecule is C=C(C)C(CCCC(=O)SCCNC(=O)CCNC(=O)C(O)C(C)(C)COP(=O)(O)OP(=O)(O)OCC1OC(n2cnc3c(N)ncnc32)C(O)C1OP(=O)(O)O)CC(=O)[O-]. The number of carboxylic acid groups (broad SMARTS) is 1. The van der Waals surface area contributed by atoms with Crippen molar-refractivity contribution in [1.82, 2.24) is 30.2 Å². The molecular weight excluding hydrogens is 899 g/mol. The third-order valence-electron chi connectivity index (χ3n) is 8.81. The lowest BCUT2D eigenvalue weighted by molar-refractivity contribution is -0.306. The average molecular weight is 949 g/mol. The van der Waals surface area contributed by atoms with E-state index < -0.39 is 90.5 Å². The topological polar surface area (TPSA) is 404 Å². The first-order valence-electron chi connectivity index (χ1n) is 18.1. The first-order chi connectivity index (χ1) is 28.2. The van der Waals surface area contributed by atoms with Crippen LogP contribution in [0.4, 0.5) is 5.82 Å². The molecule has 3 rings (SSSR count). The smallest absolute Gasteiger partial charge is 0.481 e. The van der Waals surface area contributed by atoms with Crippen LogP contribution in [0.2, 0.25) is 0 Å². The van der Waals surface area contributed by atoms with Gasteiger partial charge < -0.3 is 60.8 Å². The predicted molar refractivity (Wildman–Crippen MR) is 209 cm³/mol. The number of carbonyl (C=O) groups excluding carboxylic acids is 4.